The molecule has 1 aliphatic heterocycles. The van der Waals surface area contributed by atoms with Gasteiger partial charge in [0.05, 0.1) is 16.8 Å². The second-order valence-corrected chi connectivity index (χ2v) is 4.73. The van der Waals surface area contributed by atoms with Gasteiger partial charge >= 0.3 is 0 Å². The molecule has 2 nitrogen and oxygen atoms in total. The van der Waals surface area contributed by atoms with E-state index in [0.717, 1.165) is 0 Å². The summed E-state index contributed by atoms with van der Waals surface area (Å²) in [6.45, 7) is 4.51. The van der Waals surface area contributed by atoms with E-state index in [0.29, 0.717) is 5.92 Å². The Bertz CT molecular complexity index is 617. The first-order valence-corrected chi connectivity index (χ1v) is 5.77. The summed E-state index contributed by atoms with van der Waals surface area (Å²) >= 11 is 0. The maximum atomic E-state index is 2.34. The van der Waals surface area contributed by atoms with Gasteiger partial charge in [-0.25, -0.2) is 4.58 Å². The van der Waals surface area contributed by atoms with Crippen LogP contribution < -0.4 is 0 Å². The Hall–Kier alpha value is -1.57. The minimum absolute atomic E-state index is 0.525. The van der Waals surface area contributed by atoms with Gasteiger partial charge in [0.15, 0.2) is 5.71 Å². The lowest BCUT2D eigenvalue weighted by atomic mass is 10.1. The second kappa shape index (κ2) is 2.97. The van der Waals surface area contributed by atoms with Crippen molar-refractivity contribution >= 4 is 22.3 Å². The predicted molar refractivity (Wildman–Crippen MR) is 67.9 cm³/mol. The monoisotopic (exact) mass is 213 g/mol. The van der Waals surface area contributed by atoms with Crippen LogP contribution in [0.2, 0.25) is 0 Å². The molecular weight excluding hydrogens is 196 g/mol. The maximum absolute atomic E-state index is 2.34. The minimum Gasteiger partial charge on any atom is -0.341 e. The molecule has 2 aromatic rings. The third-order valence-electron chi connectivity index (χ3n) is 4.03. The first kappa shape index (κ1) is 9.64. The Balaban J connectivity index is 2.50. The van der Waals surface area contributed by atoms with E-state index in [4.69, 9.17) is 0 Å². The molecule has 0 spiro atoms. The average Bonchev–Trinajstić information content (AvgIpc) is 2.71. The van der Waals surface area contributed by atoms with Gasteiger partial charge in [0.1, 0.15) is 12.7 Å². The fraction of sp³-hybridized carbons (Fsp3) is 0.357. The van der Waals surface area contributed by atoms with Crippen molar-refractivity contribution in [3.05, 3.63) is 30.0 Å². The van der Waals surface area contributed by atoms with Crippen LogP contribution in [0.1, 0.15) is 25.5 Å². The Morgan fingerprint density at radius 1 is 1.25 bits per heavy atom. The van der Waals surface area contributed by atoms with E-state index in [-0.39, 0.29) is 0 Å². The maximum Gasteiger partial charge on any atom is 0.234 e. The number of fused-ring (bicyclic) bond motifs is 3. The molecule has 82 valence electrons. The molecule has 0 aliphatic carbocycles. The molecule has 3 rings (SSSR count). The molecule has 0 saturated carbocycles. The summed E-state index contributed by atoms with van der Waals surface area (Å²) in [4.78, 5) is 0. The van der Waals surface area contributed by atoms with Crippen molar-refractivity contribution in [1.29, 1.82) is 0 Å². The molecule has 0 saturated heterocycles. The van der Waals surface area contributed by atoms with Crippen LogP contribution in [-0.4, -0.2) is 21.9 Å². The fourth-order valence-electron chi connectivity index (χ4n) is 2.91. The first-order chi connectivity index (χ1) is 7.63. The van der Waals surface area contributed by atoms with E-state index >= 15 is 0 Å². The van der Waals surface area contributed by atoms with E-state index < -0.39 is 0 Å². The van der Waals surface area contributed by atoms with E-state index in [9.17, 15) is 0 Å². The number of benzene rings is 1. The first-order valence-electron chi connectivity index (χ1n) is 5.77. The Labute approximate surface area is 95.8 Å². The average molecular weight is 213 g/mol. The highest BCUT2D eigenvalue weighted by atomic mass is 15.1. The van der Waals surface area contributed by atoms with Crippen molar-refractivity contribution in [2.45, 2.75) is 19.8 Å². The van der Waals surface area contributed by atoms with Crippen LogP contribution in [0.4, 0.5) is 5.69 Å². The van der Waals surface area contributed by atoms with Crippen LogP contribution in [0, 0.1) is 0 Å². The van der Waals surface area contributed by atoms with Crippen LogP contribution >= 0.6 is 0 Å². The number of para-hydroxylation sites is 1. The smallest absolute Gasteiger partial charge is 0.234 e. The SMILES string of the molecule is CC1=[N+](C)c2c(n(C)c3ccccc23)C1C. The molecule has 1 aliphatic rings. The van der Waals surface area contributed by atoms with Gasteiger partial charge < -0.3 is 4.57 Å². The molecule has 2 heteroatoms. The number of aryl methyl sites for hydroxylation is 1. The molecule has 1 aromatic carbocycles. The summed E-state index contributed by atoms with van der Waals surface area (Å²) in [6, 6.07) is 8.65. The van der Waals surface area contributed by atoms with Gasteiger partial charge in [-0.05, 0) is 19.1 Å². The number of aromatic nitrogens is 1. The highest BCUT2D eigenvalue weighted by molar-refractivity contribution is 5.99. The normalized spacial score (nSPS) is 19.6. The summed E-state index contributed by atoms with van der Waals surface area (Å²) < 4.78 is 4.67. The number of rotatable bonds is 0. The molecule has 2 heterocycles. The summed E-state index contributed by atoms with van der Waals surface area (Å²) in [5.74, 6) is 0.525. The number of hydrogen-bond donors (Lipinski definition) is 0. The fourth-order valence-corrected chi connectivity index (χ4v) is 2.91. The standard InChI is InChI=1S/C14H17N2/c1-9-10(2)15(3)14-11-7-5-6-8-12(11)16(4)13(9)14/h5-9H,1-4H3/q+1. The summed E-state index contributed by atoms with van der Waals surface area (Å²) in [5.41, 5.74) is 5.61. The Morgan fingerprint density at radius 2 is 1.94 bits per heavy atom. The van der Waals surface area contributed by atoms with Gasteiger partial charge in [0.2, 0.25) is 5.69 Å². The van der Waals surface area contributed by atoms with Crippen molar-refractivity contribution in [2.24, 2.45) is 7.05 Å². The zero-order chi connectivity index (χ0) is 11.4. The Morgan fingerprint density at radius 3 is 2.69 bits per heavy atom. The molecule has 1 unspecified atom stereocenters. The summed E-state index contributed by atoms with van der Waals surface area (Å²) in [5, 5.41) is 1.37. The summed E-state index contributed by atoms with van der Waals surface area (Å²) in [7, 11) is 4.34. The second-order valence-electron chi connectivity index (χ2n) is 4.73. The lowest BCUT2D eigenvalue weighted by Gasteiger charge is -2.04. The van der Waals surface area contributed by atoms with Crippen molar-refractivity contribution < 1.29 is 4.58 Å². The third kappa shape index (κ3) is 0.946. The van der Waals surface area contributed by atoms with Gasteiger partial charge in [-0.2, -0.15) is 0 Å². The Kier molecular flexibility index (Phi) is 1.79. The van der Waals surface area contributed by atoms with Gasteiger partial charge in [-0.15, -0.1) is 0 Å². The lowest BCUT2D eigenvalue weighted by molar-refractivity contribution is -0.400. The molecule has 0 amide bonds. The van der Waals surface area contributed by atoms with Crippen LogP contribution in [0.5, 0.6) is 0 Å². The highest BCUT2D eigenvalue weighted by Crippen LogP contribution is 2.41. The van der Waals surface area contributed by atoms with Gasteiger partial charge in [0.25, 0.3) is 0 Å². The van der Waals surface area contributed by atoms with Crippen LogP contribution in [0.15, 0.2) is 24.3 Å². The third-order valence-corrected chi connectivity index (χ3v) is 4.03. The zero-order valence-electron chi connectivity index (χ0n) is 10.3. The van der Waals surface area contributed by atoms with Gasteiger partial charge in [-0.3, -0.25) is 0 Å². The van der Waals surface area contributed by atoms with Crippen molar-refractivity contribution in [1.82, 2.24) is 4.57 Å². The molecule has 1 aromatic heterocycles. The topological polar surface area (TPSA) is 7.94 Å². The molecule has 16 heavy (non-hydrogen) atoms. The molecule has 1 atom stereocenters. The minimum atomic E-state index is 0.525. The van der Waals surface area contributed by atoms with E-state index in [1.807, 2.05) is 0 Å². The largest absolute Gasteiger partial charge is 0.341 e. The van der Waals surface area contributed by atoms with E-state index in [1.165, 1.54) is 28.0 Å². The number of nitrogens with zero attached hydrogens (tertiary/aromatic N) is 2. The molecule has 0 N–H and O–H groups in total. The van der Waals surface area contributed by atoms with E-state index in [1.54, 1.807) is 0 Å². The lowest BCUT2D eigenvalue weighted by Crippen LogP contribution is -2.09. The van der Waals surface area contributed by atoms with Gasteiger partial charge in [0, 0.05) is 14.0 Å². The molecular formula is C14H17N2+. The van der Waals surface area contributed by atoms with Crippen molar-refractivity contribution in [3.63, 3.8) is 0 Å². The molecule has 0 radical (unpaired) electrons. The van der Waals surface area contributed by atoms with Crippen molar-refractivity contribution in [3.8, 4) is 0 Å². The predicted octanol–water partition coefficient (Wildman–Crippen LogP) is 3.03. The summed E-state index contributed by atoms with van der Waals surface area (Å²) in [6.07, 6.45) is 0. The van der Waals surface area contributed by atoms with Crippen LogP contribution in [0.25, 0.3) is 10.9 Å². The van der Waals surface area contributed by atoms with E-state index in [2.05, 4.69) is 61.4 Å². The highest BCUT2D eigenvalue weighted by Gasteiger charge is 2.36. The van der Waals surface area contributed by atoms with Crippen LogP contribution in [-0.2, 0) is 7.05 Å². The quantitative estimate of drug-likeness (QED) is 0.594. The molecule has 0 fully saturated rings. The number of hydrogen-bond acceptors (Lipinski definition) is 0. The zero-order valence-corrected chi connectivity index (χ0v) is 10.3. The van der Waals surface area contributed by atoms with Crippen LogP contribution in [0.3, 0.4) is 0 Å². The molecule has 0 bridgehead atoms. The van der Waals surface area contributed by atoms with Crippen molar-refractivity contribution in [2.75, 3.05) is 7.05 Å². The van der Waals surface area contributed by atoms with Gasteiger partial charge in [-0.1, -0.05) is 12.1 Å².